The van der Waals surface area contributed by atoms with Gasteiger partial charge in [-0.05, 0) is 61.7 Å². The van der Waals surface area contributed by atoms with Crippen molar-refractivity contribution in [1.82, 2.24) is 9.97 Å². The standard InChI is InChI=1S/C23H25F3N4O/c1-4-15(3)31-19-12-10-18(11-13-19)29-22-27-14-20(23(24,25)26)21(30-22)28-17-8-6-16(5-2)7-9-17/h6-15H,4-5H2,1-3H3,(H2,27,28,29,30). The zero-order chi connectivity index (χ0) is 22.4. The van der Waals surface area contributed by atoms with Gasteiger partial charge in [0.05, 0.1) is 6.10 Å². The number of nitrogens with zero attached hydrogens (tertiary/aromatic N) is 2. The molecule has 0 aliphatic carbocycles. The number of hydrogen-bond donors (Lipinski definition) is 2. The molecule has 8 heteroatoms. The van der Waals surface area contributed by atoms with Crippen molar-refractivity contribution in [2.45, 2.75) is 45.9 Å². The van der Waals surface area contributed by atoms with E-state index < -0.39 is 11.7 Å². The smallest absolute Gasteiger partial charge is 0.421 e. The third-order valence-electron chi connectivity index (χ3n) is 4.74. The summed E-state index contributed by atoms with van der Waals surface area (Å²) >= 11 is 0. The van der Waals surface area contributed by atoms with E-state index in [0.29, 0.717) is 17.1 Å². The summed E-state index contributed by atoms with van der Waals surface area (Å²) < 4.78 is 46.1. The summed E-state index contributed by atoms with van der Waals surface area (Å²) in [4.78, 5) is 7.91. The van der Waals surface area contributed by atoms with Crippen molar-refractivity contribution in [3.8, 4) is 5.75 Å². The largest absolute Gasteiger partial charge is 0.491 e. The number of rotatable bonds is 8. The Balaban J connectivity index is 1.82. The third-order valence-corrected chi connectivity index (χ3v) is 4.74. The van der Waals surface area contributed by atoms with Crippen LogP contribution in [0.4, 0.5) is 36.3 Å². The van der Waals surface area contributed by atoms with Gasteiger partial charge in [-0.2, -0.15) is 18.2 Å². The fourth-order valence-corrected chi connectivity index (χ4v) is 2.77. The monoisotopic (exact) mass is 430 g/mol. The second-order valence-electron chi connectivity index (χ2n) is 7.12. The van der Waals surface area contributed by atoms with Gasteiger partial charge < -0.3 is 15.4 Å². The second-order valence-corrected chi connectivity index (χ2v) is 7.12. The van der Waals surface area contributed by atoms with Crippen LogP contribution in [0.3, 0.4) is 0 Å². The second kappa shape index (κ2) is 9.68. The number of aromatic nitrogens is 2. The van der Waals surface area contributed by atoms with Crippen molar-refractivity contribution in [3.05, 3.63) is 65.9 Å². The Labute approximate surface area is 179 Å². The fourth-order valence-electron chi connectivity index (χ4n) is 2.77. The van der Waals surface area contributed by atoms with Crippen LogP contribution in [0.15, 0.2) is 54.7 Å². The summed E-state index contributed by atoms with van der Waals surface area (Å²) in [5.41, 5.74) is 1.30. The Bertz CT molecular complexity index is 989. The van der Waals surface area contributed by atoms with Gasteiger partial charge >= 0.3 is 6.18 Å². The highest BCUT2D eigenvalue weighted by Crippen LogP contribution is 2.35. The third kappa shape index (κ3) is 6.10. The molecule has 31 heavy (non-hydrogen) atoms. The molecule has 0 aliphatic rings. The van der Waals surface area contributed by atoms with E-state index in [1.165, 1.54) is 0 Å². The minimum Gasteiger partial charge on any atom is -0.491 e. The number of aryl methyl sites for hydroxylation is 1. The van der Waals surface area contributed by atoms with Gasteiger partial charge in [-0.15, -0.1) is 0 Å². The van der Waals surface area contributed by atoms with Crippen LogP contribution in [-0.4, -0.2) is 16.1 Å². The highest BCUT2D eigenvalue weighted by molar-refractivity contribution is 5.63. The Morgan fingerprint density at radius 3 is 2.13 bits per heavy atom. The van der Waals surface area contributed by atoms with Crippen LogP contribution in [0.2, 0.25) is 0 Å². The Kier molecular flexibility index (Phi) is 6.99. The summed E-state index contributed by atoms with van der Waals surface area (Å²) in [6.45, 7) is 6.02. The molecule has 3 rings (SSSR count). The van der Waals surface area contributed by atoms with E-state index in [-0.39, 0.29) is 17.9 Å². The lowest BCUT2D eigenvalue weighted by molar-refractivity contribution is -0.137. The Morgan fingerprint density at radius 2 is 1.55 bits per heavy atom. The molecular weight excluding hydrogens is 405 g/mol. The average molecular weight is 430 g/mol. The first-order valence-corrected chi connectivity index (χ1v) is 10.1. The molecule has 1 aromatic heterocycles. The van der Waals surface area contributed by atoms with E-state index in [2.05, 4.69) is 20.6 Å². The van der Waals surface area contributed by atoms with Crippen LogP contribution in [0, 0.1) is 0 Å². The first-order valence-electron chi connectivity index (χ1n) is 10.1. The lowest BCUT2D eigenvalue weighted by atomic mass is 10.1. The van der Waals surface area contributed by atoms with Gasteiger partial charge in [-0.3, -0.25) is 0 Å². The molecule has 3 aromatic rings. The van der Waals surface area contributed by atoms with E-state index in [1.807, 2.05) is 32.9 Å². The number of ether oxygens (including phenoxy) is 1. The van der Waals surface area contributed by atoms with Crippen LogP contribution < -0.4 is 15.4 Å². The maximum atomic E-state index is 13.5. The Morgan fingerprint density at radius 1 is 0.935 bits per heavy atom. The summed E-state index contributed by atoms with van der Waals surface area (Å²) in [6, 6.07) is 14.3. The van der Waals surface area contributed by atoms with Gasteiger partial charge in [0.15, 0.2) is 0 Å². The van der Waals surface area contributed by atoms with Crippen LogP contribution in [-0.2, 0) is 12.6 Å². The molecule has 2 N–H and O–H groups in total. The van der Waals surface area contributed by atoms with Gasteiger partial charge in [-0.25, -0.2) is 4.98 Å². The summed E-state index contributed by atoms with van der Waals surface area (Å²) in [5.74, 6) is 0.452. The molecule has 1 atom stereocenters. The SMILES string of the molecule is CCc1ccc(Nc2nc(Nc3ccc(OC(C)CC)cc3)ncc2C(F)(F)F)cc1. The van der Waals surface area contributed by atoms with Crippen molar-refractivity contribution in [1.29, 1.82) is 0 Å². The van der Waals surface area contributed by atoms with Crippen LogP contribution in [0.1, 0.15) is 38.3 Å². The molecule has 164 valence electrons. The molecule has 1 heterocycles. The van der Waals surface area contributed by atoms with E-state index >= 15 is 0 Å². The summed E-state index contributed by atoms with van der Waals surface area (Å²) in [7, 11) is 0. The van der Waals surface area contributed by atoms with Gasteiger partial charge in [0.1, 0.15) is 17.1 Å². The maximum Gasteiger partial charge on any atom is 0.421 e. The number of nitrogens with one attached hydrogen (secondary N) is 2. The first kappa shape index (κ1) is 22.4. The van der Waals surface area contributed by atoms with Gasteiger partial charge in [0.25, 0.3) is 0 Å². The lowest BCUT2D eigenvalue weighted by Gasteiger charge is -2.15. The molecule has 0 saturated heterocycles. The Hall–Kier alpha value is -3.29. The van der Waals surface area contributed by atoms with Gasteiger partial charge in [-0.1, -0.05) is 26.0 Å². The lowest BCUT2D eigenvalue weighted by Crippen LogP contribution is -2.12. The molecule has 0 bridgehead atoms. The molecule has 2 aromatic carbocycles. The maximum absolute atomic E-state index is 13.5. The number of halogens is 3. The van der Waals surface area contributed by atoms with Crippen LogP contribution in [0.25, 0.3) is 0 Å². The average Bonchev–Trinajstić information content (AvgIpc) is 2.75. The number of hydrogen-bond acceptors (Lipinski definition) is 5. The van der Waals surface area contributed by atoms with Crippen LogP contribution in [0.5, 0.6) is 5.75 Å². The van der Waals surface area contributed by atoms with Crippen molar-refractivity contribution < 1.29 is 17.9 Å². The predicted molar refractivity (Wildman–Crippen MR) is 116 cm³/mol. The number of anilines is 4. The van der Waals surface area contributed by atoms with E-state index in [1.54, 1.807) is 36.4 Å². The van der Waals surface area contributed by atoms with Crippen molar-refractivity contribution in [2.75, 3.05) is 10.6 Å². The first-order chi connectivity index (χ1) is 14.8. The molecule has 0 aliphatic heterocycles. The van der Waals surface area contributed by atoms with Gasteiger partial charge in [0.2, 0.25) is 5.95 Å². The molecule has 0 radical (unpaired) electrons. The topological polar surface area (TPSA) is 59.1 Å². The molecule has 5 nitrogen and oxygen atoms in total. The highest BCUT2D eigenvalue weighted by atomic mass is 19.4. The van der Waals surface area contributed by atoms with E-state index in [0.717, 1.165) is 24.6 Å². The highest BCUT2D eigenvalue weighted by Gasteiger charge is 2.35. The van der Waals surface area contributed by atoms with E-state index in [9.17, 15) is 13.2 Å². The van der Waals surface area contributed by atoms with Crippen molar-refractivity contribution >= 4 is 23.1 Å². The number of alkyl halides is 3. The molecule has 0 saturated carbocycles. The molecular formula is C23H25F3N4O. The minimum atomic E-state index is -4.58. The fraction of sp³-hybridized carbons (Fsp3) is 0.304. The summed E-state index contributed by atoms with van der Waals surface area (Å²) in [5, 5.41) is 5.70. The molecule has 0 spiro atoms. The minimum absolute atomic E-state index is 0.0521. The van der Waals surface area contributed by atoms with Crippen LogP contribution >= 0.6 is 0 Å². The molecule has 0 amide bonds. The van der Waals surface area contributed by atoms with E-state index in [4.69, 9.17) is 4.74 Å². The summed E-state index contributed by atoms with van der Waals surface area (Å²) in [6.07, 6.45) is -1.98. The van der Waals surface area contributed by atoms with Gasteiger partial charge in [0, 0.05) is 17.6 Å². The van der Waals surface area contributed by atoms with Crippen molar-refractivity contribution in [2.24, 2.45) is 0 Å². The quantitative estimate of drug-likeness (QED) is 0.415. The zero-order valence-corrected chi connectivity index (χ0v) is 17.6. The molecule has 1 unspecified atom stereocenters. The predicted octanol–water partition coefficient (Wildman–Crippen LogP) is 6.72. The number of benzene rings is 2. The zero-order valence-electron chi connectivity index (χ0n) is 17.6. The molecule has 0 fully saturated rings. The van der Waals surface area contributed by atoms with Crippen molar-refractivity contribution in [3.63, 3.8) is 0 Å². The normalized spacial score (nSPS) is 12.3.